The van der Waals surface area contributed by atoms with Gasteiger partial charge in [-0.2, -0.15) is 0 Å². The first-order chi connectivity index (χ1) is 42.0. The van der Waals surface area contributed by atoms with Gasteiger partial charge in [-0.3, -0.25) is 31.1 Å². The number of rotatable bonds is 17. The monoisotopic (exact) mass is 1810 g/mol. The fraction of sp³-hybridized carbons (Fsp3) is 0.324. The zero-order valence-corrected chi connectivity index (χ0v) is 59.2. The number of aromatic nitrogens is 3. The van der Waals surface area contributed by atoms with Crippen molar-refractivity contribution in [3.8, 4) is 33.8 Å². The summed E-state index contributed by atoms with van der Waals surface area (Å²) in [5, 5.41) is 32.4. The summed E-state index contributed by atoms with van der Waals surface area (Å²) in [6.07, 6.45) is 14.0. The van der Waals surface area contributed by atoms with Crippen LogP contribution in [0, 0.1) is 64.9 Å². The van der Waals surface area contributed by atoms with Gasteiger partial charge in [0, 0.05) is 133 Å². The second kappa shape index (κ2) is 46.7. The normalized spacial score (nSPS) is 12.4. The van der Waals surface area contributed by atoms with Gasteiger partial charge >= 0.3 is 5.97 Å². The van der Waals surface area contributed by atoms with Gasteiger partial charge in [0.15, 0.2) is 0 Å². The van der Waals surface area contributed by atoms with Crippen molar-refractivity contribution in [2.75, 3.05) is 26.4 Å². The number of halogens is 6. The molecule has 505 valence electrons. The third-order valence-corrected chi connectivity index (χ3v) is 13.5. The molecule has 21 heteroatoms. The summed E-state index contributed by atoms with van der Waals surface area (Å²) in [5.74, 6) is -3.40. The molecule has 0 spiro atoms. The summed E-state index contributed by atoms with van der Waals surface area (Å²) in [6, 6.07) is 41.8. The van der Waals surface area contributed by atoms with E-state index in [1.807, 2.05) is 91.0 Å². The first-order valence-electron chi connectivity index (χ1n) is 29.2. The molecule has 1 fully saturated rings. The number of hydrogen-bond acceptors (Lipinski definition) is 10. The van der Waals surface area contributed by atoms with Crippen LogP contribution < -0.4 is 0 Å². The van der Waals surface area contributed by atoms with E-state index in [2.05, 4.69) is 60.8 Å². The average Bonchev–Trinajstić information content (AvgIpc) is 2.32. The fourth-order valence-corrected chi connectivity index (χ4v) is 8.94. The van der Waals surface area contributed by atoms with Crippen molar-refractivity contribution in [3.63, 3.8) is 0 Å². The van der Waals surface area contributed by atoms with Crippen LogP contribution in [0.5, 0.6) is 0 Å². The first-order valence-corrected chi connectivity index (χ1v) is 29.2. The number of aliphatic hydroxyl groups excluding tert-OH is 3. The minimum atomic E-state index is -0.666. The van der Waals surface area contributed by atoms with E-state index in [1.54, 1.807) is 32.4 Å². The Morgan fingerprint density at radius 3 is 1.17 bits per heavy atom. The molecule has 92 heavy (non-hydrogen) atoms. The number of esters is 1. The summed E-state index contributed by atoms with van der Waals surface area (Å²) in [7, 11) is 0. The molecule has 3 radical (unpaired) electrons. The second-order valence-corrected chi connectivity index (χ2v) is 20.5. The van der Waals surface area contributed by atoms with Crippen molar-refractivity contribution in [2.45, 2.75) is 112 Å². The van der Waals surface area contributed by atoms with Crippen LogP contribution in [0.1, 0.15) is 99.3 Å². The number of aliphatic hydroxyl groups is 3. The van der Waals surface area contributed by atoms with Crippen LogP contribution in [0.15, 0.2) is 158 Å². The molecule has 1 aliphatic rings. The number of hydrogen-bond donors (Lipinski definition) is 3. The Morgan fingerprint density at radius 2 is 0.891 bits per heavy atom. The maximum atomic E-state index is 13.8. The van der Waals surface area contributed by atoms with Gasteiger partial charge in [0.2, 0.25) is 0 Å². The summed E-state index contributed by atoms with van der Waals surface area (Å²) in [5.41, 5.74) is 2.00. The fourth-order valence-electron chi connectivity index (χ4n) is 8.94. The average molecular weight is 1810 g/mol. The van der Waals surface area contributed by atoms with Crippen molar-refractivity contribution in [1.29, 1.82) is 0 Å². The first kappa shape index (κ1) is 85.7. The SMILES string of the molecule is C1CCOC1.CCCC(CC)COC(=O)CC(C)O.CCCC(CC)COC(O)=CC(C)O.Fc1c[c-]c(-c2nccc3ccccc23)c(F)c1.Fc1c[c-]c(-c2nccc3ccccc23)c(F)c1.Fc1c[c-]c(-c2nccc3ccccc23)c(F)c1.O.O.[Ir].[Ir].[Ir]. The van der Waals surface area contributed by atoms with Crippen LogP contribution in [0.3, 0.4) is 0 Å². The summed E-state index contributed by atoms with van der Waals surface area (Å²) >= 11 is 0. The molecule has 3 aromatic heterocycles. The largest absolute Gasteiger partial charge is 0.481 e. The van der Waals surface area contributed by atoms with Crippen molar-refractivity contribution in [3.05, 3.63) is 211 Å². The molecule has 4 atom stereocenters. The van der Waals surface area contributed by atoms with Crippen LogP contribution in [0.4, 0.5) is 26.3 Å². The molecule has 0 saturated carbocycles. The van der Waals surface area contributed by atoms with Gasteiger partial charge in [-0.25, -0.2) is 0 Å². The molecule has 12 nitrogen and oxygen atoms in total. The molecule has 7 N–H and O–H groups in total. The van der Waals surface area contributed by atoms with Gasteiger partial charge in [-0.1, -0.05) is 161 Å². The third-order valence-electron chi connectivity index (χ3n) is 13.5. The van der Waals surface area contributed by atoms with Crippen molar-refractivity contribution in [1.82, 2.24) is 15.0 Å². The van der Waals surface area contributed by atoms with E-state index in [9.17, 15) is 36.2 Å². The van der Waals surface area contributed by atoms with E-state index in [1.165, 1.54) is 18.9 Å². The minimum Gasteiger partial charge on any atom is -0.481 e. The number of benzene rings is 6. The molecule has 1 saturated heterocycles. The number of carbonyl (C=O) groups is 1. The molecule has 0 bridgehead atoms. The van der Waals surface area contributed by atoms with Crippen LogP contribution in [-0.4, -0.2) is 85.8 Å². The molecule has 9 aromatic rings. The maximum Gasteiger partial charge on any atom is 0.308 e. The predicted molar refractivity (Wildman–Crippen MR) is 338 cm³/mol. The van der Waals surface area contributed by atoms with Crippen molar-refractivity contribution >= 4 is 38.3 Å². The van der Waals surface area contributed by atoms with E-state index in [-0.39, 0.29) is 106 Å². The smallest absolute Gasteiger partial charge is 0.308 e. The van der Waals surface area contributed by atoms with Crippen LogP contribution in [0.25, 0.3) is 66.1 Å². The molecule has 1 aliphatic heterocycles. The Morgan fingerprint density at radius 1 is 0.554 bits per heavy atom. The van der Waals surface area contributed by atoms with E-state index in [0.717, 1.165) is 120 Å². The van der Waals surface area contributed by atoms with E-state index >= 15 is 0 Å². The molecule has 10 rings (SSSR count). The zero-order valence-electron chi connectivity index (χ0n) is 52.0. The standard InChI is InChI=1S/3C15H8F2N.2C11H22O3.C4H8O.3Ir.2H2O/c3*16-11-5-6-13(14(17)9-11)15-12-4-2-1-3-10(12)7-8-18-15;2*1-4-6-10(5-2)8-14-11(13)7-9(3)12;1-2-4-5-3-1;;;;;/h3*1-5,7-9H;9-10,12H,4-8H2,1-3H3;7,9-10,12-13H,4-6,8H2,1-3H3;1-4H2;;;;2*1H2/q3*-1;;;;;;;;. The Labute approximate surface area is 576 Å². The Hall–Kier alpha value is -6.31. The van der Waals surface area contributed by atoms with Crippen LogP contribution >= 0.6 is 0 Å². The van der Waals surface area contributed by atoms with Gasteiger partial charge in [0.25, 0.3) is 5.95 Å². The number of ether oxygens (including phenoxy) is 3. The Balaban J connectivity index is 0.00000109. The minimum absolute atomic E-state index is 0. The molecular weight excluding hydrogens is 1730 g/mol. The summed E-state index contributed by atoms with van der Waals surface area (Å²) in [6.45, 7) is 14.7. The zero-order chi connectivity index (χ0) is 63.1. The number of carbonyl (C=O) groups excluding carboxylic acids is 1. The number of pyridine rings is 3. The van der Waals surface area contributed by atoms with Gasteiger partial charge in [-0.05, 0) is 119 Å². The molecule has 6 aromatic carbocycles. The Bertz CT molecular complexity index is 3260. The maximum absolute atomic E-state index is 13.8. The van der Waals surface area contributed by atoms with Gasteiger partial charge in [-0.15, -0.1) is 36.4 Å². The van der Waals surface area contributed by atoms with Crippen LogP contribution in [0.2, 0.25) is 0 Å². The molecule has 4 unspecified atom stereocenters. The van der Waals surface area contributed by atoms with E-state index < -0.39 is 47.1 Å². The van der Waals surface area contributed by atoms with Gasteiger partial charge in [0.05, 0.1) is 31.8 Å². The van der Waals surface area contributed by atoms with Crippen LogP contribution in [-0.2, 0) is 79.3 Å². The van der Waals surface area contributed by atoms with E-state index in [4.69, 9.17) is 24.4 Å². The van der Waals surface area contributed by atoms with Crippen molar-refractivity contribution in [2.24, 2.45) is 11.8 Å². The molecule has 4 heterocycles. The number of fused-ring (bicyclic) bond motifs is 3. The third kappa shape index (κ3) is 28.9. The summed E-state index contributed by atoms with van der Waals surface area (Å²) in [4.78, 5) is 23.6. The second-order valence-electron chi connectivity index (χ2n) is 20.5. The summed E-state index contributed by atoms with van der Waals surface area (Å²) < 4.78 is 95.0. The topological polar surface area (TPSA) is 207 Å². The quantitative estimate of drug-likeness (QED) is 0.0340. The number of nitrogens with zero attached hydrogens (tertiary/aromatic N) is 3. The molecular formula is C71H80F6Ir3N3O9-3. The van der Waals surface area contributed by atoms with Gasteiger partial charge in [0.1, 0.15) is 0 Å². The molecule has 0 aliphatic carbocycles. The molecule has 0 amide bonds. The van der Waals surface area contributed by atoms with Crippen molar-refractivity contribution < 1.29 is 132 Å². The van der Waals surface area contributed by atoms with E-state index in [0.29, 0.717) is 42.1 Å². The predicted octanol–water partition coefficient (Wildman–Crippen LogP) is 15.8. The van der Waals surface area contributed by atoms with Gasteiger partial charge < -0.3 is 55.4 Å². The Kier molecular flexibility index (Phi) is 43.5.